The maximum atomic E-state index is 12.7. The molecule has 5 nitrogen and oxygen atoms in total. The number of nitrogens with one attached hydrogen (secondary N) is 1. The molecule has 0 atom stereocenters. The van der Waals surface area contributed by atoms with Crippen LogP contribution in [0.25, 0.3) is 0 Å². The number of hydrogen-bond donors (Lipinski definition) is 1. The minimum atomic E-state index is -0.0165. The van der Waals surface area contributed by atoms with E-state index in [0.29, 0.717) is 24.9 Å². The van der Waals surface area contributed by atoms with E-state index in [1.165, 1.54) is 148 Å². The van der Waals surface area contributed by atoms with Crippen molar-refractivity contribution in [1.29, 1.82) is 0 Å². The van der Waals surface area contributed by atoms with Gasteiger partial charge in [-0.05, 0) is 82.7 Å². The van der Waals surface area contributed by atoms with Crippen LogP contribution < -0.4 is 5.32 Å². The molecule has 0 fully saturated rings. The van der Waals surface area contributed by atoms with Crippen molar-refractivity contribution in [3.8, 4) is 0 Å². The molecule has 0 aliphatic heterocycles. The summed E-state index contributed by atoms with van der Waals surface area (Å²) in [6.07, 6.45) is 40.5. The highest BCUT2D eigenvalue weighted by molar-refractivity contribution is 5.69. The maximum absolute atomic E-state index is 12.7. The molecule has 0 aromatic carbocycles. The highest BCUT2D eigenvalue weighted by Crippen LogP contribution is 2.27. The van der Waals surface area contributed by atoms with Crippen LogP contribution in [0.3, 0.4) is 0 Å². The third-order valence-corrected chi connectivity index (χ3v) is 10.8. The fourth-order valence-electron chi connectivity index (χ4n) is 7.08. The highest BCUT2D eigenvalue weighted by Gasteiger charge is 2.17. The maximum Gasteiger partial charge on any atom is 0.306 e. The van der Waals surface area contributed by atoms with E-state index in [1.807, 2.05) is 0 Å². The number of esters is 2. The third kappa shape index (κ3) is 38.4. The van der Waals surface area contributed by atoms with Gasteiger partial charge in [0.1, 0.15) is 6.10 Å². The SMILES string of the molecule is CCCCCCCCCOC(=O)CCCCC(C)(C)CCNCCCCCCCC(=O)OC(CCCCCCCCC)CCCCCCCCC. The molecular formula is C46H91NO4. The molecule has 0 aromatic rings. The Balaban J connectivity index is 3.89. The predicted octanol–water partition coefficient (Wildman–Crippen LogP) is 14.4. The lowest BCUT2D eigenvalue weighted by Gasteiger charge is -2.24. The summed E-state index contributed by atoms with van der Waals surface area (Å²) in [7, 11) is 0. The van der Waals surface area contributed by atoms with Gasteiger partial charge in [-0.25, -0.2) is 0 Å². The van der Waals surface area contributed by atoms with Gasteiger partial charge in [0.2, 0.25) is 0 Å². The zero-order chi connectivity index (χ0) is 37.5. The second-order valence-electron chi connectivity index (χ2n) is 16.7. The number of carbonyl (C=O) groups is 2. The van der Waals surface area contributed by atoms with Gasteiger partial charge in [0.15, 0.2) is 0 Å². The van der Waals surface area contributed by atoms with Gasteiger partial charge in [0.25, 0.3) is 0 Å². The molecule has 0 aliphatic rings. The van der Waals surface area contributed by atoms with Crippen molar-refractivity contribution >= 4 is 11.9 Å². The van der Waals surface area contributed by atoms with Crippen LogP contribution in [0.1, 0.15) is 253 Å². The molecule has 0 aliphatic carbocycles. The van der Waals surface area contributed by atoms with E-state index in [1.54, 1.807) is 0 Å². The highest BCUT2D eigenvalue weighted by atomic mass is 16.5. The lowest BCUT2D eigenvalue weighted by Crippen LogP contribution is -2.23. The first kappa shape index (κ1) is 49.9. The summed E-state index contributed by atoms with van der Waals surface area (Å²) in [6.45, 7) is 14.2. The quantitative estimate of drug-likeness (QED) is 0.0503. The zero-order valence-electron chi connectivity index (χ0n) is 35.4. The second-order valence-corrected chi connectivity index (χ2v) is 16.7. The molecule has 0 amide bonds. The molecule has 0 heterocycles. The largest absolute Gasteiger partial charge is 0.466 e. The summed E-state index contributed by atoms with van der Waals surface area (Å²) < 4.78 is 11.5. The average molecular weight is 722 g/mol. The number of carbonyl (C=O) groups excluding carboxylic acids is 2. The van der Waals surface area contributed by atoms with Gasteiger partial charge in [-0.3, -0.25) is 9.59 Å². The Hall–Kier alpha value is -1.10. The molecule has 0 saturated heterocycles. The smallest absolute Gasteiger partial charge is 0.306 e. The first-order chi connectivity index (χ1) is 24.8. The Morgan fingerprint density at radius 3 is 1.45 bits per heavy atom. The summed E-state index contributed by atoms with van der Waals surface area (Å²) in [4.78, 5) is 24.8. The van der Waals surface area contributed by atoms with Crippen LogP contribution in [-0.2, 0) is 19.1 Å². The summed E-state index contributed by atoms with van der Waals surface area (Å²) in [5.41, 5.74) is 0.296. The first-order valence-electron chi connectivity index (χ1n) is 22.9. The van der Waals surface area contributed by atoms with Crippen LogP contribution in [0.2, 0.25) is 0 Å². The molecule has 0 bridgehead atoms. The van der Waals surface area contributed by atoms with E-state index >= 15 is 0 Å². The number of rotatable bonds is 41. The van der Waals surface area contributed by atoms with Crippen LogP contribution in [0.15, 0.2) is 0 Å². The van der Waals surface area contributed by atoms with Crippen molar-refractivity contribution in [1.82, 2.24) is 5.32 Å². The fraction of sp³-hybridized carbons (Fsp3) is 0.957. The molecule has 0 aromatic heterocycles. The van der Waals surface area contributed by atoms with Gasteiger partial charge in [-0.2, -0.15) is 0 Å². The van der Waals surface area contributed by atoms with Gasteiger partial charge < -0.3 is 14.8 Å². The van der Waals surface area contributed by atoms with Crippen molar-refractivity contribution in [2.24, 2.45) is 5.41 Å². The Kier molecular flexibility index (Phi) is 37.8. The Bertz CT molecular complexity index is 721. The summed E-state index contributed by atoms with van der Waals surface area (Å²) in [5, 5.41) is 3.65. The van der Waals surface area contributed by atoms with Crippen molar-refractivity contribution < 1.29 is 19.1 Å². The van der Waals surface area contributed by atoms with Gasteiger partial charge in [0.05, 0.1) is 6.61 Å². The topological polar surface area (TPSA) is 64.6 Å². The summed E-state index contributed by atoms with van der Waals surface area (Å²) >= 11 is 0. The average Bonchev–Trinajstić information content (AvgIpc) is 3.11. The normalized spacial score (nSPS) is 11.8. The molecule has 0 radical (unpaired) electrons. The Morgan fingerprint density at radius 1 is 0.471 bits per heavy atom. The van der Waals surface area contributed by atoms with Crippen molar-refractivity contribution in [3.63, 3.8) is 0 Å². The van der Waals surface area contributed by atoms with Crippen LogP contribution in [-0.4, -0.2) is 37.7 Å². The van der Waals surface area contributed by atoms with E-state index in [4.69, 9.17) is 9.47 Å². The van der Waals surface area contributed by atoms with Gasteiger partial charge >= 0.3 is 11.9 Å². The monoisotopic (exact) mass is 722 g/mol. The lowest BCUT2D eigenvalue weighted by atomic mass is 9.83. The number of ether oxygens (including phenoxy) is 2. The summed E-state index contributed by atoms with van der Waals surface area (Å²) in [5.74, 6) is 0.0195. The summed E-state index contributed by atoms with van der Waals surface area (Å²) in [6, 6.07) is 0. The van der Waals surface area contributed by atoms with E-state index in [2.05, 4.69) is 39.9 Å². The van der Waals surface area contributed by atoms with Crippen LogP contribution in [0.5, 0.6) is 0 Å². The molecule has 51 heavy (non-hydrogen) atoms. The molecule has 0 spiro atoms. The van der Waals surface area contributed by atoms with Crippen LogP contribution >= 0.6 is 0 Å². The minimum absolute atomic E-state index is 0.0165. The zero-order valence-corrected chi connectivity index (χ0v) is 35.4. The van der Waals surface area contributed by atoms with E-state index in [-0.39, 0.29) is 18.0 Å². The number of unbranched alkanes of at least 4 members (excludes halogenated alkanes) is 23. The Labute approximate surface area is 319 Å². The fourth-order valence-corrected chi connectivity index (χ4v) is 7.08. The number of hydrogen-bond acceptors (Lipinski definition) is 5. The van der Waals surface area contributed by atoms with Gasteiger partial charge in [-0.15, -0.1) is 0 Å². The molecule has 1 N–H and O–H groups in total. The van der Waals surface area contributed by atoms with Gasteiger partial charge in [0, 0.05) is 12.8 Å². The van der Waals surface area contributed by atoms with Gasteiger partial charge in [-0.1, -0.05) is 176 Å². The van der Waals surface area contributed by atoms with E-state index in [9.17, 15) is 9.59 Å². The molecule has 0 saturated carbocycles. The van der Waals surface area contributed by atoms with Crippen molar-refractivity contribution in [2.45, 2.75) is 259 Å². The van der Waals surface area contributed by atoms with Crippen LogP contribution in [0, 0.1) is 5.41 Å². The van der Waals surface area contributed by atoms with E-state index < -0.39 is 0 Å². The van der Waals surface area contributed by atoms with Crippen LogP contribution in [0.4, 0.5) is 0 Å². The molecule has 0 unspecified atom stereocenters. The molecule has 5 heteroatoms. The predicted molar refractivity (Wildman–Crippen MR) is 221 cm³/mol. The standard InChI is InChI=1S/C46H91NO4/c1-6-9-12-15-18-22-27-34-43(35-28-23-19-16-13-10-7-2)51-45(49)37-29-24-21-25-32-40-47-41-39-46(4,5)38-31-30-36-44(48)50-42-33-26-20-17-14-11-8-3/h43,47H,6-42H2,1-5H3. The van der Waals surface area contributed by atoms with Crippen molar-refractivity contribution in [2.75, 3.05) is 19.7 Å². The van der Waals surface area contributed by atoms with E-state index in [0.717, 1.165) is 70.9 Å². The minimum Gasteiger partial charge on any atom is -0.466 e. The molecule has 304 valence electrons. The Morgan fingerprint density at radius 2 is 0.902 bits per heavy atom. The molecular weight excluding hydrogens is 631 g/mol. The lowest BCUT2D eigenvalue weighted by molar-refractivity contribution is -0.150. The molecule has 0 rings (SSSR count). The first-order valence-corrected chi connectivity index (χ1v) is 22.9. The van der Waals surface area contributed by atoms with Crippen molar-refractivity contribution in [3.05, 3.63) is 0 Å². The second kappa shape index (κ2) is 38.6. The third-order valence-electron chi connectivity index (χ3n) is 10.8.